The molecule has 7 heteroatoms. The molecular weight excluding hydrogens is 456 g/mol. The van der Waals surface area contributed by atoms with Crippen LogP contribution in [0.5, 0.6) is 0 Å². The number of ether oxygens (including phenoxy) is 1. The summed E-state index contributed by atoms with van der Waals surface area (Å²) in [5.41, 5.74) is 0. The minimum atomic E-state index is -0.954. The number of hydrogen-bond acceptors (Lipinski definition) is 3. The van der Waals surface area contributed by atoms with Crippen LogP contribution in [0.2, 0.25) is 0 Å². The summed E-state index contributed by atoms with van der Waals surface area (Å²) in [6, 6.07) is 0. The first-order valence-electron chi connectivity index (χ1n) is 3.45. The third-order valence-corrected chi connectivity index (χ3v) is 1.17. The van der Waals surface area contributed by atoms with E-state index in [1.807, 2.05) is 6.92 Å². The van der Waals surface area contributed by atoms with Crippen molar-refractivity contribution in [3.63, 3.8) is 0 Å². The Bertz CT molecular complexity index is 130. The molecule has 3 nitrogen and oxygen atoms in total. The quantitative estimate of drug-likeness (QED) is 0.467. The van der Waals surface area contributed by atoms with Gasteiger partial charge in [-0.15, -0.1) is 0 Å². The van der Waals surface area contributed by atoms with Crippen LogP contribution in [0.15, 0.2) is 0 Å². The maximum atomic E-state index is 11.2. The molecule has 0 rings (SSSR count). The second-order valence-electron chi connectivity index (χ2n) is 1.97. The molecule has 0 amide bonds. The molecule has 0 N–H and O–H groups in total. The molecule has 0 heterocycles. The zero-order valence-electron chi connectivity index (χ0n) is 8.30. The van der Waals surface area contributed by atoms with Gasteiger partial charge in [-0.1, -0.05) is 13.3 Å². The van der Waals surface area contributed by atoms with Gasteiger partial charge in [0, 0.05) is 11.6 Å². The predicted molar refractivity (Wildman–Crippen MR) is 67.4 cm³/mol. The fourth-order valence-corrected chi connectivity index (χ4v) is 0.644. The van der Waals surface area contributed by atoms with Gasteiger partial charge in [0.15, 0.2) is 6.10 Å². The summed E-state index contributed by atoms with van der Waals surface area (Å²) in [5.74, 6) is -0.954. The fourth-order valence-electron chi connectivity index (χ4n) is 0.644. The van der Waals surface area contributed by atoms with Gasteiger partial charge in [0.05, 0.1) is 0 Å². The third-order valence-electron chi connectivity index (χ3n) is 1.17. The molecule has 14 heavy (non-hydrogen) atoms. The first-order chi connectivity index (χ1) is 6.17. The van der Waals surface area contributed by atoms with Crippen molar-refractivity contribution in [2.24, 2.45) is 0 Å². The van der Waals surface area contributed by atoms with Gasteiger partial charge in [-0.05, 0) is 6.42 Å². The van der Waals surface area contributed by atoms with Gasteiger partial charge in [-0.2, -0.15) is 0 Å². The second-order valence-corrected chi connectivity index (χ2v) is 13.8. The van der Waals surface area contributed by atoms with Crippen molar-refractivity contribution in [2.45, 2.75) is 25.9 Å². The van der Waals surface area contributed by atoms with Crippen molar-refractivity contribution < 1.29 is 28.5 Å². The molecule has 0 aliphatic rings. The predicted octanol–water partition coefficient (Wildman–Crippen LogP) is 3.45. The van der Waals surface area contributed by atoms with E-state index in [0.29, 0.717) is 15.9 Å². The Morgan fingerprint density at radius 3 is 2.21 bits per heavy atom. The summed E-state index contributed by atoms with van der Waals surface area (Å²) in [6.07, 6.45) is 0.488. The molecule has 1 unspecified atom stereocenters. The van der Waals surface area contributed by atoms with E-state index in [1.54, 1.807) is 0 Å². The van der Waals surface area contributed by atoms with Crippen molar-refractivity contribution in [2.75, 3.05) is 7.11 Å². The van der Waals surface area contributed by atoms with Crippen molar-refractivity contribution in [1.29, 1.82) is 0 Å². The summed E-state index contributed by atoms with van der Waals surface area (Å²) in [6.45, 7) is 1.87. The molecule has 0 aliphatic heterocycles. The van der Waals surface area contributed by atoms with E-state index in [0.717, 1.165) is 6.42 Å². The molecule has 0 aromatic heterocycles. The van der Waals surface area contributed by atoms with E-state index in [1.165, 1.54) is 7.11 Å². The van der Waals surface area contributed by atoms with Gasteiger partial charge in [0.25, 0.3) is 0 Å². The van der Waals surface area contributed by atoms with Crippen LogP contribution in [0.25, 0.3) is 0 Å². The second kappa shape index (κ2) is 16.8. The molecule has 0 aromatic carbocycles. The van der Waals surface area contributed by atoms with Gasteiger partial charge < -0.3 is 12.2 Å². The first kappa shape index (κ1) is 20.8. The van der Waals surface area contributed by atoms with Crippen LogP contribution in [0.1, 0.15) is 19.8 Å². The Labute approximate surface area is 114 Å². The van der Waals surface area contributed by atoms with Crippen molar-refractivity contribution in [1.82, 2.24) is 0 Å². The minimum absolute atomic E-state index is 0. The Morgan fingerprint density at radius 2 is 2.00 bits per heavy atom. The van der Waals surface area contributed by atoms with Gasteiger partial charge >= 0.3 is 55.4 Å². The number of hydrogen-bond donors (Lipinski definition) is 0. The Hall–Kier alpha value is 1.40. The summed E-state index contributed by atoms with van der Waals surface area (Å²) >= 11 is 4.74. The van der Waals surface area contributed by atoms with Gasteiger partial charge in [-0.3, -0.25) is 4.94 Å². The third kappa shape index (κ3) is 13.4. The Balaban J connectivity index is -0.000000267. The molecular formula is C7H14FI2O3V-. The zero-order chi connectivity index (χ0) is 10.7. The van der Waals surface area contributed by atoms with E-state index < -0.39 is 12.1 Å². The first-order valence-corrected chi connectivity index (χ1v) is 12.5. The maximum absolute atomic E-state index is 11.2. The molecule has 0 saturated heterocycles. The topological polar surface area (TPSA) is 35.5 Å². The van der Waals surface area contributed by atoms with E-state index in [-0.39, 0.29) is 7.43 Å². The SMILES string of the molecule is CCCC(OC)C(=O)OF.[CH3-].[I][V][I]. The summed E-state index contributed by atoms with van der Waals surface area (Å²) < 4.78 is 15.8. The molecule has 1 atom stereocenters. The normalized spacial score (nSPS) is 10.1. The number of carbonyl (C=O) groups is 1. The van der Waals surface area contributed by atoms with Crippen LogP contribution in [-0.4, -0.2) is 19.2 Å². The fraction of sp³-hybridized carbons (Fsp3) is 0.714. The summed E-state index contributed by atoms with van der Waals surface area (Å²) in [7, 11) is 1.97. The van der Waals surface area contributed by atoms with Gasteiger partial charge in [0.1, 0.15) is 0 Å². The van der Waals surface area contributed by atoms with Crippen molar-refractivity contribution >= 4 is 45.9 Å². The average Bonchev–Trinajstić information content (AvgIpc) is 2.14. The van der Waals surface area contributed by atoms with Crippen LogP contribution in [0.3, 0.4) is 0 Å². The van der Waals surface area contributed by atoms with Crippen LogP contribution in [0, 0.1) is 7.43 Å². The monoisotopic (exact) mass is 470 g/mol. The Morgan fingerprint density at radius 1 is 1.57 bits per heavy atom. The molecule has 0 aliphatic carbocycles. The average molecular weight is 470 g/mol. The van der Waals surface area contributed by atoms with Gasteiger partial charge in [0.2, 0.25) is 0 Å². The van der Waals surface area contributed by atoms with Crippen LogP contribution >= 0.6 is 40.0 Å². The summed E-state index contributed by atoms with van der Waals surface area (Å²) in [4.78, 5) is 13.4. The van der Waals surface area contributed by atoms with E-state index in [9.17, 15) is 9.32 Å². The molecule has 0 bridgehead atoms. The van der Waals surface area contributed by atoms with E-state index in [2.05, 4.69) is 49.6 Å². The molecule has 0 fully saturated rings. The van der Waals surface area contributed by atoms with Crippen LogP contribution < -0.4 is 0 Å². The summed E-state index contributed by atoms with van der Waals surface area (Å²) in [5, 5.41) is 0. The number of rotatable bonds is 4. The molecule has 0 saturated carbocycles. The van der Waals surface area contributed by atoms with Crippen molar-refractivity contribution in [3.05, 3.63) is 7.43 Å². The number of halogens is 3. The molecule has 87 valence electrons. The molecule has 0 aromatic rings. The molecule has 0 radical (unpaired) electrons. The van der Waals surface area contributed by atoms with E-state index >= 15 is 0 Å². The molecule has 0 spiro atoms. The standard InChI is InChI=1S/C6H11FO3.CH3.2HI.V/c1-3-4-5(9-2)6(8)10-7;;;;/h5H,3-4H2,1-2H3;1H3;2*1H;/q;-1;;;+2/p-2. The number of carbonyl (C=O) groups excluding carboxylic acids is 1. The zero-order valence-corrected chi connectivity index (χ0v) is 14.0. The Kier molecular flexibility index (Phi) is 25.0. The van der Waals surface area contributed by atoms with Crippen LogP contribution in [-0.2, 0) is 23.9 Å². The van der Waals surface area contributed by atoms with E-state index in [4.69, 9.17) is 0 Å². The van der Waals surface area contributed by atoms with Crippen molar-refractivity contribution in [3.8, 4) is 0 Å². The number of methoxy groups -OCH3 is 1. The van der Waals surface area contributed by atoms with Crippen LogP contribution in [0.4, 0.5) is 4.53 Å². The van der Waals surface area contributed by atoms with Gasteiger partial charge in [-0.25, -0.2) is 4.79 Å².